The summed E-state index contributed by atoms with van der Waals surface area (Å²) in [6.07, 6.45) is -0.0836. The van der Waals surface area contributed by atoms with Crippen molar-refractivity contribution in [1.82, 2.24) is 4.90 Å². The molecule has 0 radical (unpaired) electrons. The fourth-order valence-corrected chi connectivity index (χ4v) is 3.86. The summed E-state index contributed by atoms with van der Waals surface area (Å²) >= 11 is 12.3. The summed E-state index contributed by atoms with van der Waals surface area (Å²) < 4.78 is 0. The molecule has 1 N–H and O–H groups in total. The zero-order valence-electron chi connectivity index (χ0n) is 12.9. The molecular weight excluding hydrogens is 351 g/mol. The number of hydrogen-bond donors (Lipinski definition) is 1. The largest absolute Gasteiger partial charge is 0.391 e. The number of benzene rings is 2. The number of nitro groups is 1. The van der Waals surface area contributed by atoms with Crippen LogP contribution in [0.5, 0.6) is 0 Å². The summed E-state index contributed by atoms with van der Waals surface area (Å²) in [6, 6.07) is 9.73. The molecule has 0 bridgehead atoms. The Morgan fingerprint density at radius 2 is 1.96 bits per heavy atom. The third kappa shape index (κ3) is 3.26. The van der Waals surface area contributed by atoms with Crippen LogP contribution < -0.4 is 0 Å². The highest BCUT2D eigenvalue weighted by atomic mass is 35.5. The second-order valence-electron chi connectivity index (χ2n) is 6.01. The summed E-state index contributed by atoms with van der Waals surface area (Å²) in [5, 5.41) is 22.3. The van der Waals surface area contributed by atoms with Crippen molar-refractivity contribution in [3.8, 4) is 0 Å². The number of aliphatic hydroxyl groups is 1. The maximum absolute atomic E-state index is 10.7. The molecule has 2 aromatic rings. The quantitative estimate of drug-likeness (QED) is 0.656. The van der Waals surface area contributed by atoms with Crippen molar-refractivity contribution in [1.29, 1.82) is 0 Å². The third-order valence-electron chi connectivity index (χ3n) is 4.35. The van der Waals surface area contributed by atoms with Gasteiger partial charge in [0, 0.05) is 35.1 Å². The number of rotatable bonds is 4. The van der Waals surface area contributed by atoms with Crippen LogP contribution >= 0.6 is 23.2 Å². The first kappa shape index (κ1) is 17.2. The molecule has 0 unspecified atom stereocenters. The maximum Gasteiger partial charge on any atom is 0.269 e. The summed E-state index contributed by atoms with van der Waals surface area (Å²) in [5.41, 5.74) is 2.85. The van der Waals surface area contributed by atoms with Crippen molar-refractivity contribution < 1.29 is 10.0 Å². The molecule has 0 aliphatic heterocycles. The molecule has 0 heterocycles. The number of aliphatic hydroxyl groups excluding tert-OH is 1. The molecule has 24 heavy (non-hydrogen) atoms. The van der Waals surface area contributed by atoms with Gasteiger partial charge in [-0.05, 0) is 35.9 Å². The predicted octanol–water partition coefficient (Wildman–Crippen LogP) is 3.99. The number of likely N-dealkylation sites (N-methyl/N-ethyl adjacent to an activating group) is 1. The first-order valence-electron chi connectivity index (χ1n) is 7.46. The van der Waals surface area contributed by atoms with Crippen LogP contribution in [0.25, 0.3) is 0 Å². The van der Waals surface area contributed by atoms with E-state index in [4.69, 9.17) is 23.2 Å². The van der Waals surface area contributed by atoms with Gasteiger partial charge in [0.15, 0.2) is 0 Å². The van der Waals surface area contributed by atoms with Crippen molar-refractivity contribution in [3.63, 3.8) is 0 Å². The Morgan fingerprint density at radius 3 is 2.58 bits per heavy atom. The average Bonchev–Trinajstić information content (AvgIpc) is 2.84. The standard InChI is InChI=1S/C17H16Cl2N2O3/c1-20(9-10-2-4-12(5-3-10)21(23)24)17-14-6-11(18)7-15(19)13(14)8-16(17)22/h2-7,16-17,22H,8-9H2,1H3/t16-,17+/m0/s1. The molecule has 2 aromatic carbocycles. The molecule has 0 spiro atoms. The van der Waals surface area contributed by atoms with E-state index in [1.54, 1.807) is 18.2 Å². The van der Waals surface area contributed by atoms with E-state index in [0.29, 0.717) is 23.0 Å². The lowest BCUT2D eigenvalue weighted by atomic mass is 10.1. The lowest BCUT2D eigenvalue weighted by Crippen LogP contribution is -2.30. The summed E-state index contributed by atoms with van der Waals surface area (Å²) in [4.78, 5) is 12.3. The van der Waals surface area contributed by atoms with Crippen molar-refractivity contribution in [3.05, 3.63) is 73.2 Å². The van der Waals surface area contributed by atoms with Crippen LogP contribution in [0.15, 0.2) is 36.4 Å². The van der Waals surface area contributed by atoms with Gasteiger partial charge in [0.25, 0.3) is 5.69 Å². The van der Waals surface area contributed by atoms with Crippen LogP contribution in [0.4, 0.5) is 5.69 Å². The molecule has 126 valence electrons. The van der Waals surface area contributed by atoms with Gasteiger partial charge in [0.05, 0.1) is 17.1 Å². The van der Waals surface area contributed by atoms with Gasteiger partial charge in [-0.15, -0.1) is 0 Å². The average molecular weight is 367 g/mol. The van der Waals surface area contributed by atoms with Crippen LogP contribution in [0.3, 0.4) is 0 Å². The third-order valence-corrected chi connectivity index (χ3v) is 4.90. The minimum atomic E-state index is -0.570. The maximum atomic E-state index is 10.7. The van der Waals surface area contributed by atoms with E-state index in [0.717, 1.165) is 16.7 Å². The minimum Gasteiger partial charge on any atom is -0.391 e. The summed E-state index contributed by atoms with van der Waals surface area (Å²) in [6.45, 7) is 0.545. The fourth-order valence-electron chi connectivity index (χ4n) is 3.27. The normalized spacial score (nSPS) is 19.5. The molecule has 0 fully saturated rings. The number of nitro benzene ring substituents is 1. The number of non-ortho nitro benzene ring substituents is 1. The molecule has 0 saturated heterocycles. The molecule has 1 aliphatic rings. The highest BCUT2D eigenvalue weighted by Gasteiger charge is 2.35. The molecule has 5 nitrogen and oxygen atoms in total. The van der Waals surface area contributed by atoms with E-state index in [2.05, 4.69) is 0 Å². The van der Waals surface area contributed by atoms with E-state index in [1.165, 1.54) is 12.1 Å². The van der Waals surface area contributed by atoms with Gasteiger partial charge in [0.2, 0.25) is 0 Å². The van der Waals surface area contributed by atoms with E-state index in [-0.39, 0.29) is 11.7 Å². The number of nitrogens with zero attached hydrogens (tertiary/aromatic N) is 2. The van der Waals surface area contributed by atoms with Crippen molar-refractivity contribution >= 4 is 28.9 Å². The van der Waals surface area contributed by atoms with Gasteiger partial charge in [-0.25, -0.2) is 0 Å². The molecule has 7 heteroatoms. The molecule has 0 amide bonds. The van der Waals surface area contributed by atoms with Gasteiger partial charge < -0.3 is 5.11 Å². The zero-order valence-corrected chi connectivity index (χ0v) is 14.5. The zero-order chi connectivity index (χ0) is 17.4. The summed E-state index contributed by atoms with van der Waals surface area (Å²) in [7, 11) is 1.90. The highest BCUT2D eigenvalue weighted by Crippen LogP contribution is 2.41. The van der Waals surface area contributed by atoms with Gasteiger partial charge in [0.1, 0.15) is 0 Å². The number of hydrogen-bond acceptors (Lipinski definition) is 4. The highest BCUT2D eigenvalue weighted by molar-refractivity contribution is 6.35. The van der Waals surface area contributed by atoms with Crippen molar-refractivity contribution in [2.45, 2.75) is 25.1 Å². The molecule has 0 aromatic heterocycles. The Balaban J connectivity index is 1.83. The lowest BCUT2D eigenvalue weighted by molar-refractivity contribution is -0.384. The van der Waals surface area contributed by atoms with E-state index >= 15 is 0 Å². The van der Waals surface area contributed by atoms with Crippen LogP contribution in [0.1, 0.15) is 22.7 Å². The predicted molar refractivity (Wildman–Crippen MR) is 93.5 cm³/mol. The van der Waals surface area contributed by atoms with Crippen LogP contribution in [-0.2, 0) is 13.0 Å². The lowest BCUT2D eigenvalue weighted by Gasteiger charge is -2.28. The van der Waals surface area contributed by atoms with E-state index in [1.807, 2.05) is 18.0 Å². The molecule has 0 saturated carbocycles. The van der Waals surface area contributed by atoms with Crippen molar-refractivity contribution in [2.24, 2.45) is 0 Å². The molecule has 2 atom stereocenters. The smallest absolute Gasteiger partial charge is 0.269 e. The number of halogens is 2. The Bertz CT molecular complexity index is 780. The van der Waals surface area contributed by atoms with Gasteiger partial charge in [-0.2, -0.15) is 0 Å². The first-order chi connectivity index (χ1) is 11.4. The van der Waals surface area contributed by atoms with Crippen molar-refractivity contribution in [2.75, 3.05) is 7.05 Å². The SMILES string of the molecule is CN(Cc1ccc([N+](=O)[O-])cc1)[C@@H]1c2cc(Cl)cc(Cl)c2C[C@@H]1O. The topological polar surface area (TPSA) is 66.6 Å². The number of fused-ring (bicyclic) bond motifs is 1. The van der Waals surface area contributed by atoms with Gasteiger partial charge in [-0.1, -0.05) is 35.3 Å². The van der Waals surface area contributed by atoms with Crippen LogP contribution in [0, 0.1) is 10.1 Å². The first-order valence-corrected chi connectivity index (χ1v) is 8.22. The molecule has 1 aliphatic carbocycles. The Morgan fingerprint density at radius 1 is 1.29 bits per heavy atom. The van der Waals surface area contributed by atoms with E-state index in [9.17, 15) is 15.2 Å². The Labute approximate surface area is 149 Å². The van der Waals surface area contributed by atoms with Gasteiger partial charge in [-0.3, -0.25) is 15.0 Å². The minimum absolute atomic E-state index is 0.0613. The van der Waals surface area contributed by atoms with Crippen LogP contribution in [-0.4, -0.2) is 28.1 Å². The Kier molecular flexibility index (Phi) is 4.78. The second-order valence-corrected chi connectivity index (χ2v) is 6.85. The fraction of sp³-hybridized carbons (Fsp3) is 0.294. The molecule has 3 rings (SSSR count). The monoisotopic (exact) mass is 366 g/mol. The Hall–Kier alpha value is -1.66. The second kappa shape index (κ2) is 6.69. The van der Waals surface area contributed by atoms with Gasteiger partial charge >= 0.3 is 0 Å². The molecular formula is C17H16Cl2N2O3. The summed E-state index contributed by atoms with van der Waals surface area (Å²) in [5.74, 6) is 0. The van der Waals surface area contributed by atoms with E-state index < -0.39 is 11.0 Å². The van der Waals surface area contributed by atoms with Crippen LogP contribution in [0.2, 0.25) is 10.0 Å².